The number of carbonyl (C=O) groups is 1. The van der Waals surface area contributed by atoms with Gasteiger partial charge in [-0.2, -0.15) is 0 Å². The van der Waals surface area contributed by atoms with Crippen molar-refractivity contribution < 1.29 is 14.3 Å². The van der Waals surface area contributed by atoms with Crippen LogP contribution in [0.15, 0.2) is 36.4 Å². The molecule has 0 aliphatic carbocycles. The lowest BCUT2D eigenvalue weighted by atomic mass is 10.1. The second-order valence-corrected chi connectivity index (χ2v) is 3.17. The van der Waals surface area contributed by atoms with Crippen LogP contribution in [0.3, 0.4) is 0 Å². The van der Waals surface area contributed by atoms with E-state index in [-0.39, 0.29) is 0 Å². The topological polar surface area (TPSA) is 35.5 Å². The van der Waals surface area contributed by atoms with Gasteiger partial charge in [0.1, 0.15) is 5.75 Å². The Morgan fingerprint density at radius 2 is 2.19 bits per heavy atom. The highest BCUT2D eigenvalue weighted by Crippen LogP contribution is 2.24. The van der Waals surface area contributed by atoms with Crippen molar-refractivity contribution in [1.82, 2.24) is 0 Å². The highest BCUT2D eigenvalue weighted by atomic mass is 16.7. The van der Waals surface area contributed by atoms with E-state index in [1.165, 1.54) is 0 Å². The van der Waals surface area contributed by atoms with Gasteiger partial charge in [-0.05, 0) is 24.4 Å². The molecule has 1 radical (unpaired) electrons. The number of fused-ring (bicyclic) bond motifs is 1. The van der Waals surface area contributed by atoms with Gasteiger partial charge in [0.05, 0.1) is 6.61 Å². The van der Waals surface area contributed by atoms with Crippen LogP contribution in [0.4, 0.5) is 4.79 Å². The lowest BCUT2D eigenvalue weighted by molar-refractivity contribution is 0.105. The van der Waals surface area contributed by atoms with E-state index in [0.717, 1.165) is 10.8 Å². The van der Waals surface area contributed by atoms with E-state index >= 15 is 0 Å². The van der Waals surface area contributed by atoms with E-state index in [1.54, 1.807) is 13.0 Å². The Labute approximate surface area is 93.6 Å². The zero-order valence-corrected chi connectivity index (χ0v) is 8.90. The van der Waals surface area contributed by atoms with Gasteiger partial charge < -0.3 is 9.47 Å². The summed E-state index contributed by atoms with van der Waals surface area (Å²) < 4.78 is 9.81. The van der Waals surface area contributed by atoms with Gasteiger partial charge in [0.25, 0.3) is 0 Å². The fraction of sp³-hybridized carbons (Fsp3) is 0.154. The van der Waals surface area contributed by atoms with Gasteiger partial charge in [0.15, 0.2) is 0 Å². The molecule has 0 aliphatic heterocycles. The zero-order chi connectivity index (χ0) is 11.4. The smallest absolute Gasteiger partial charge is 0.434 e. The third-order valence-corrected chi connectivity index (χ3v) is 2.12. The van der Waals surface area contributed by atoms with Crippen LogP contribution in [0.5, 0.6) is 5.75 Å². The first-order valence-corrected chi connectivity index (χ1v) is 5.05. The Morgan fingerprint density at radius 3 is 3.00 bits per heavy atom. The molecule has 0 spiro atoms. The molecule has 0 aromatic heterocycles. The van der Waals surface area contributed by atoms with E-state index in [4.69, 9.17) is 9.47 Å². The van der Waals surface area contributed by atoms with Crippen LogP contribution in [0.1, 0.15) is 6.92 Å². The predicted molar refractivity (Wildman–Crippen MR) is 60.4 cm³/mol. The van der Waals surface area contributed by atoms with Gasteiger partial charge in [-0.1, -0.05) is 30.3 Å². The molecule has 2 rings (SSSR count). The molecule has 0 heterocycles. The molecule has 0 N–H and O–H groups in total. The highest BCUT2D eigenvalue weighted by molar-refractivity contribution is 5.89. The lowest BCUT2D eigenvalue weighted by Crippen LogP contribution is -2.10. The van der Waals surface area contributed by atoms with Crippen LogP contribution < -0.4 is 4.74 Å². The van der Waals surface area contributed by atoms with Crippen molar-refractivity contribution in [3.63, 3.8) is 0 Å². The number of hydrogen-bond donors (Lipinski definition) is 0. The summed E-state index contributed by atoms with van der Waals surface area (Å²) in [5.41, 5.74) is 0. The monoisotopic (exact) mass is 215 g/mol. The molecule has 0 amide bonds. The van der Waals surface area contributed by atoms with Crippen molar-refractivity contribution in [2.45, 2.75) is 6.92 Å². The molecule has 2 aromatic carbocycles. The Bertz CT molecular complexity index is 500. The molecule has 16 heavy (non-hydrogen) atoms. The number of ether oxygens (including phenoxy) is 2. The van der Waals surface area contributed by atoms with E-state index in [2.05, 4.69) is 6.07 Å². The first-order valence-electron chi connectivity index (χ1n) is 5.05. The minimum atomic E-state index is -0.682. The standard InChI is InChI=1S/C13H11O3/c1-2-15-13(14)16-12-9-5-7-10-6-3-4-8-11(10)12/h3-5,7-9H,2H2,1H3. The number of benzene rings is 2. The maximum atomic E-state index is 11.2. The Morgan fingerprint density at radius 1 is 1.31 bits per heavy atom. The third-order valence-electron chi connectivity index (χ3n) is 2.12. The first kappa shape index (κ1) is 10.5. The minimum Gasteiger partial charge on any atom is -0.434 e. The van der Waals surface area contributed by atoms with E-state index in [9.17, 15) is 4.79 Å². The van der Waals surface area contributed by atoms with Crippen LogP contribution in [-0.2, 0) is 4.74 Å². The molecular formula is C13H11O3. The van der Waals surface area contributed by atoms with Crippen LogP contribution in [0.25, 0.3) is 10.8 Å². The largest absolute Gasteiger partial charge is 0.513 e. The SMILES string of the molecule is CCOC(=O)Oc1cccc2[c]cccc12. The molecule has 0 saturated heterocycles. The fourth-order valence-electron chi connectivity index (χ4n) is 1.45. The Hall–Kier alpha value is -2.03. The molecule has 0 bridgehead atoms. The molecule has 0 atom stereocenters. The van der Waals surface area contributed by atoms with Gasteiger partial charge >= 0.3 is 6.16 Å². The van der Waals surface area contributed by atoms with Crippen molar-refractivity contribution in [3.8, 4) is 5.75 Å². The average molecular weight is 215 g/mol. The number of hydrogen-bond acceptors (Lipinski definition) is 3. The molecule has 0 aliphatic rings. The molecule has 81 valence electrons. The Kier molecular flexibility index (Phi) is 3.05. The van der Waals surface area contributed by atoms with E-state index in [1.807, 2.05) is 30.3 Å². The summed E-state index contributed by atoms with van der Waals surface area (Å²) in [5.74, 6) is 0.493. The molecule has 3 heteroatoms. The third kappa shape index (κ3) is 2.14. The fourth-order valence-corrected chi connectivity index (χ4v) is 1.45. The summed E-state index contributed by atoms with van der Waals surface area (Å²) in [6.45, 7) is 2.04. The predicted octanol–water partition coefficient (Wildman–Crippen LogP) is 3.18. The quantitative estimate of drug-likeness (QED) is 0.570. The van der Waals surface area contributed by atoms with E-state index in [0.29, 0.717) is 12.4 Å². The van der Waals surface area contributed by atoms with Crippen molar-refractivity contribution in [3.05, 3.63) is 42.5 Å². The molecule has 0 saturated carbocycles. The maximum absolute atomic E-state index is 11.2. The summed E-state index contributed by atoms with van der Waals surface area (Å²) in [7, 11) is 0. The first-order chi connectivity index (χ1) is 7.81. The van der Waals surface area contributed by atoms with Gasteiger partial charge in [0.2, 0.25) is 0 Å². The summed E-state index contributed by atoms with van der Waals surface area (Å²) in [4.78, 5) is 11.2. The Balaban J connectivity index is 2.33. The molecule has 0 unspecified atom stereocenters. The highest BCUT2D eigenvalue weighted by Gasteiger charge is 2.07. The second kappa shape index (κ2) is 4.66. The van der Waals surface area contributed by atoms with Crippen LogP contribution in [0.2, 0.25) is 0 Å². The van der Waals surface area contributed by atoms with E-state index < -0.39 is 6.16 Å². The van der Waals surface area contributed by atoms with Gasteiger partial charge in [-0.15, -0.1) is 0 Å². The summed E-state index contributed by atoms with van der Waals surface area (Å²) >= 11 is 0. The number of rotatable bonds is 2. The van der Waals surface area contributed by atoms with Crippen molar-refractivity contribution in [2.24, 2.45) is 0 Å². The van der Waals surface area contributed by atoms with Crippen molar-refractivity contribution in [2.75, 3.05) is 6.61 Å². The molecule has 0 fully saturated rings. The number of carbonyl (C=O) groups excluding carboxylic acids is 1. The van der Waals surface area contributed by atoms with Crippen LogP contribution >= 0.6 is 0 Å². The van der Waals surface area contributed by atoms with Gasteiger partial charge in [0, 0.05) is 5.39 Å². The normalized spacial score (nSPS) is 10.1. The zero-order valence-electron chi connectivity index (χ0n) is 8.90. The second-order valence-electron chi connectivity index (χ2n) is 3.17. The minimum absolute atomic E-state index is 0.301. The summed E-state index contributed by atoms with van der Waals surface area (Å²) in [6.07, 6.45) is -0.682. The van der Waals surface area contributed by atoms with Crippen molar-refractivity contribution in [1.29, 1.82) is 0 Å². The molecular weight excluding hydrogens is 204 g/mol. The molecule has 3 nitrogen and oxygen atoms in total. The maximum Gasteiger partial charge on any atom is 0.513 e. The van der Waals surface area contributed by atoms with Gasteiger partial charge in [-0.25, -0.2) is 4.79 Å². The lowest BCUT2D eigenvalue weighted by Gasteiger charge is -2.06. The van der Waals surface area contributed by atoms with Gasteiger partial charge in [-0.3, -0.25) is 0 Å². The van der Waals surface area contributed by atoms with Crippen molar-refractivity contribution >= 4 is 16.9 Å². The van der Waals surface area contributed by atoms with Crippen LogP contribution in [0, 0.1) is 6.07 Å². The van der Waals surface area contributed by atoms with Crippen LogP contribution in [-0.4, -0.2) is 12.8 Å². The summed E-state index contributed by atoms with van der Waals surface area (Å²) in [6, 6.07) is 14.1. The molecule has 2 aromatic rings. The summed E-state index contributed by atoms with van der Waals surface area (Å²) in [5, 5.41) is 1.75. The average Bonchev–Trinajstić information content (AvgIpc) is 2.30.